The van der Waals surface area contributed by atoms with Crippen molar-refractivity contribution in [2.75, 3.05) is 23.7 Å². The lowest BCUT2D eigenvalue weighted by Gasteiger charge is -2.16. The summed E-state index contributed by atoms with van der Waals surface area (Å²) in [6.07, 6.45) is 0.314. The first-order valence-electron chi connectivity index (χ1n) is 6.45. The Hall–Kier alpha value is -0.710. The minimum atomic E-state index is -0.420. The molecular formula is C13H21Cl2N3O. The molecule has 0 bridgehead atoms. The Labute approximate surface area is 124 Å². The summed E-state index contributed by atoms with van der Waals surface area (Å²) < 4.78 is 0. The van der Waals surface area contributed by atoms with Crippen LogP contribution >= 0.6 is 23.2 Å². The summed E-state index contributed by atoms with van der Waals surface area (Å²) in [5.41, 5.74) is 0. The predicted octanol–water partition coefficient (Wildman–Crippen LogP) is 3.64. The number of aliphatic hydroxyl groups is 1. The first kappa shape index (κ1) is 16.3. The lowest BCUT2D eigenvalue weighted by Crippen LogP contribution is -2.22. The third-order valence-electron chi connectivity index (χ3n) is 2.52. The Bertz CT molecular complexity index is 413. The topological polar surface area (TPSA) is 57.2 Å². The van der Waals surface area contributed by atoms with Crippen LogP contribution in [0.25, 0.3) is 0 Å². The molecule has 108 valence electrons. The Morgan fingerprint density at radius 2 is 1.79 bits per heavy atom. The van der Waals surface area contributed by atoms with Gasteiger partial charge in [0.2, 0.25) is 0 Å². The summed E-state index contributed by atoms with van der Waals surface area (Å²) in [6.45, 7) is 7.24. The van der Waals surface area contributed by atoms with E-state index in [-0.39, 0.29) is 0 Å². The third-order valence-corrected chi connectivity index (χ3v) is 3.10. The standard InChI is InChI=1S/C13H21Cl2N3O/c1-4-16-12-10(14)6-11(15)13(18-12)17-7-9(19)5-8(2)3/h6,8-9,19H,4-5,7H2,1-3H3,(H2,16,17,18). The van der Waals surface area contributed by atoms with Crippen molar-refractivity contribution in [1.29, 1.82) is 0 Å². The van der Waals surface area contributed by atoms with E-state index in [4.69, 9.17) is 23.2 Å². The van der Waals surface area contributed by atoms with Crippen molar-refractivity contribution >= 4 is 34.8 Å². The first-order chi connectivity index (χ1) is 8.93. The van der Waals surface area contributed by atoms with Crippen molar-refractivity contribution in [2.45, 2.75) is 33.3 Å². The first-order valence-corrected chi connectivity index (χ1v) is 7.21. The van der Waals surface area contributed by atoms with Gasteiger partial charge in [-0.1, -0.05) is 37.0 Å². The number of nitrogens with zero attached hydrogens (tertiary/aromatic N) is 1. The van der Waals surface area contributed by atoms with Crippen LogP contribution in [0.3, 0.4) is 0 Å². The maximum atomic E-state index is 9.82. The van der Waals surface area contributed by atoms with Crippen LogP contribution in [0, 0.1) is 5.92 Å². The normalized spacial score (nSPS) is 12.6. The van der Waals surface area contributed by atoms with Crippen molar-refractivity contribution in [2.24, 2.45) is 5.92 Å². The zero-order chi connectivity index (χ0) is 14.4. The molecule has 4 nitrogen and oxygen atoms in total. The molecule has 1 rings (SSSR count). The van der Waals surface area contributed by atoms with Crippen molar-refractivity contribution in [3.63, 3.8) is 0 Å². The largest absolute Gasteiger partial charge is 0.391 e. The summed E-state index contributed by atoms with van der Waals surface area (Å²) in [4.78, 5) is 4.32. The van der Waals surface area contributed by atoms with Crippen LogP contribution in [0.2, 0.25) is 10.0 Å². The SMILES string of the molecule is CCNc1nc(NCC(O)CC(C)C)c(Cl)cc1Cl. The predicted molar refractivity (Wildman–Crippen MR) is 82.4 cm³/mol. The number of hydrogen-bond donors (Lipinski definition) is 3. The highest BCUT2D eigenvalue weighted by atomic mass is 35.5. The van der Waals surface area contributed by atoms with Gasteiger partial charge in [0.15, 0.2) is 0 Å². The molecule has 0 aliphatic carbocycles. The quantitative estimate of drug-likeness (QED) is 0.720. The molecule has 1 heterocycles. The zero-order valence-electron chi connectivity index (χ0n) is 11.5. The van der Waals surface area contributed by atoms with Crippen LogP contribution in [-0.2, 0) is 0 Å². The molecule has 1 aromatic rings. The monoisotopic (exact) mass is 305 g/mol. The molecule has 0 saturated carbocycles. The molecule has 3 N–H and O–H groups in total. The fourth-order valence-electron chi connectivity index (χ4n) is 1.72. The van der Waals surface area contributed by atoms with Crippen LogP contribution < -0.4 is 10.6 Å². The molecule has 0 saturated heterocycles. The molecule has 1 unspecified atom stereocenters. The molecule has 0 amide bonds. The average Bonchev–Trinajstić information content (AvgIpc) is 2.30. The molecule has 0 aliphatic rings. The molecule has 0 fully saturated rings. The van der Waals surface area contributed by atoms with Crippen LogP contribution in [0.5, 0.6) is 0 Å². The van der Waals surface area contributed by atoms with Gasteiger partial charge in [0.05, 0.1) is 16.1 Å². The Balaban J connectivity index is 2.69. The van der Waals surface area contributed by atoms with E-state index in [0.29, 0.717) is 34.1 Å². The molecular weight excluding hydrogens is 285 g/mol. The number of pyridine rings is 1. The van der Waals surface area contributed by atoms with E-state index in [1.54, 1.807) is 6.07 Å². The van der Waals surface area contributed by atoms with E-state index in [9.17, 15) is 5.11 Å². The second kappa shape index (κ2) is 7.78. The van der Waals surface area contributed by atoms with Crippen LogP contribution in [0.15, 0.2) is 6.07 Å². The van der Waals surface area contributed by atoms with Gasteiger partial charge in [-0.05, 0) is 25.3 Å². The summed E-state index contributed by atoms with van der Waals surface area (Å²) in [5, 5.41) is 16.9. The lowest BCUT2D eigenvalue weighted by atomic mass is 10.1. The van der Waals surface area contributed by atoms with Crippen molar-refractivity contribution in [1.82, 2.24) is 4.98 Å². The minimum absolute atomic E-state index is 0.415. The molecule has 0 spiro atoms. The number of aliphatic hydroxyl groups excluding tert-OH is 1. The summed E-state index contributed by atoms with van der Waals surface area (Å²) in [7, 11) is 0. The second-order valence-corrected chi connectivity index (χ2v) is 5.66. The number of halogens is 2. The van der Waals surface area contributed by atoms with Crippen LogP contribution in [0.1, 0.15) is 27.2 Å². The van der Waals surface area contributed by atoms with E-state index in [0.717, 1.165) is 13.0 Å². The van der Waals surface area contributed by atoms with Crippen molar-refractivity contribution < 1.29 is 5.11 Å². The molecule has 0 radical (unpaired) electrons. The number of rotatable bonds is 7. The molecule has 1 aromatic heterocycles. The number of anilines is 2. The molecule has 6 heteroatoms. The van der Waals surface area contributed by atoms with Gasteiger partial charge in [0.1, 0.15) is 11.6 Å². The van der Waals surface area contributed by atoms with Crippen LogP contribution in [0.4, 0.5) is 11.6 Å². The van der Waals surface area contributed by atoms with Gasteiger partial charge in [-0.25, -0.2) is 4.98 Å². The molecule has 1 atom stereocenters. The van der Waals surface area contributed by atoms with E-state index in [1.165, 1.54) is 0 Å². The highest BCUT2D eigenvalue weighted by Crippen LogP contribution is 2.29. The van der Waals surface area contributed by atoms with Gasteiger partial charge in [-0.15, -0.1) is 0 Å². The Morgan fingerprint density at radius 1 is 1.21 bits per heavy atom. The molecule has 0 aromatic carbocycles. The highest BCUT2D eigenvalue weighted by Gasteiger charge is 2.11. The van der Waals surface area contributed by atoms with Gasteiger partial charge in [0.25, 0.3) is 0 Å². The van der Waals surface area contributed by atoms with Crippen molar-refractivity contribution in [3.05, 3.63) is 16.1 Å². The van der Waals surface area contributed by atoms with E-state index in [1.807, 2.05) is 6.92 Å². The minimum Gasteiger partial charge on any atom is -0.391 e. The van der Waals surface area contributed by atoms with E-state index < -0.39 is 6.10 Å². The maximum absolute atomic E-state index is 9.82. The number of nitrogens with one attached hydrogen (secondary N) is 2. The Kier molecular flexibility index (Phi) is 6.69. The van der Waals surface area contributed by atoms with Crippen LogP contribution in [-0.4, -0.2) is 29.3 Å². The molecule has 0 aliphatic heterocycles. The zero-order valence-corrected chi connectivity index (χ0v) is 13.0. The van der Waals surface area contributed by atoms with Crippen molar-refractivity contribution in [3.8, 4) is 0 Å². The Morgan fingerprint density at radius 3 is 2.32 bits per heavy atom. The second-order valence-electron chi connectivity index (χ2n) is 4.84. The summed E-state index contributed by atoms with van der Waals surface area (Å²) >= 11 is 12.1. The lowest BCUT2D eigenvalue weighted by molar-refractivity contribution is 0.161. The highest BCUT2D eigenvalue weighted by molar-refractivity contribution is 6.37. The van der Waals surface area contributed by atoms with Gasteiger partial charge < -0.3 is 15.7 Å². The van der Waals surface area contributed by atoms with E-state index >= 15 is 0 Å². The molecule has 19 heavy (non-hydrogen) atoms. The summed E-state index contributed by atoms with van der Waals surface area (Å²) in [5.74, 6) is 1.57. The summed E-state index contributed by atoms with van der Waals surface area (Å²) in [6, 6.07) is 1.64. The number of hydrogen-bond acceptors (Lipinski definition) is 4. The maximum Gasteiger partial charge on any atom is 0.147 e. The fraction of sp³-hybridized carbons (Fsp3) is 0.615. The number of aromatic nitrogens is 1. The van der Waals surface area contributed by atoms with Gasteiger partial charge >= 0.3 is 0 Å². The third kappa shape index (κ3) is 5.43. The van der Waals surface area contributed by atoms with E-state index in [2.05, 4.69) is 29.5 Å². The fourth-order valence-corrected chi connectivity index (χ4v) is 2.22. The van der Waals surface area contributed by atoms with Gasteiger partial charge in [-0.2, -0.15) is 0 Å². The average molecular weight is 306 g/mol. The smallest absolute Gasteiger partial charge is 0.147 e. The van der Waals surface area contributed by atoms with Gasteiger partial charge in [-0.3, -0.25) is 0 Å². The van der Waals surface area contributed by atoms with Gasteiger partial charge in [0, 0.05) is 13.1 Å².